The van der Waals surface area contributed by atoms with Crippen molar-refractivity contribution < 1.29 is 4.79 Å². The van der Waals surface area contributed by atoms with Gasteiger partial charge in [-0.05, 0) is 24.3 Å². The van der Waals surface area contributed by atoms with Crippen molar-refractivity contribution in [2.75, 3.05) is 13.6 Å². The van der Waals surface area contributed by atoms with Crippen LogP contribution in [0.15, 0.2) is 17.5 Å². The first-order valence-corrected chi connectivity index (χ1v) is 6.10. The van der Waals surface area contributed by atoms with E-state index < -0.39 is 0 Å². The fraction of sp³-hybridized carbons (Fsp3) is 0.545. The summed E-state index contributed by atoms with van der Waals surface area (Å²) >= 11 is 1.77. The highest BCUT2D eigenvalue weighted by Gasteiger charge is 2.08. The normalized spacial score (nSPS) is 12.4. The van der Waals surface area contributed by atoms with Crippen LogP contribution in [0.25, 0.3) is 0 Å². The van der Waals surface area contributed by atoms with E-state index in [9.17, 15) is 4.79 Å². The van der Waals surface area contributed by atoms with Gasteiger partial charge in [-0.2, -0.15) is 0 Å². The van der Waals surface area contributed by atoms with Gasteiger partial charge in [-0.3, -0.25) is 4.79 Å². The fourth-order valence-corrected chi connectivity index (χ4v) is 2.14. The Labute approximate surface area is 94.9 Å². The molecule has 0 aromatic carbocycles. The van der Waals surface area contributed by atoms with Crippen LogP contribution in [0, 0.1) is 0 Å². The number of amides is 1. The summed E-state index contributed by atoms with van der Waals surface area (Å²) in [7, 11) is 1.66. The molecule has 1 amide bonds. The lowest BCUT2D eigenvalue weighted by molar-refractivity contribution is -0.119. The van der Waals surface area contributed by atoms with Crippen molar-refractivity contribution in [1.82, 2.24) is 10.6 Å². The molecule has 84 valence electrons. The third kappa shape index (κ3) is 4.44. The van der Waals surface area contributed by atoms with E-state index in [0.717, 1.165) is 12.8 Å². The maximum atomic E-state index is 11.1. The van der Waals surface area contributed by atoms with E-state index in [0.29, 0.717) is 12.6 Å². The minimum atomic E-state index is 0.0413. The minimum absolute atomic E-state index is 0.0413. The summed E-state index contributed by atoms with van der Waals surface area (Å²) in [6.45, 7) is 2.54. The van der Waals surface area contributed by atoms with E-state index in [2.05, 4.69) is 35.1 Å². The minimum Gasteiger partial charge on any atom is -0.358 e. The Morgan fingerprint density at radius 1 is 1.60 bits per heavy atom. The molecule has 1 rings (SSSR count). The van der Waals surface area contributed by atoms with Gasteiger partial charge in [0.1, 0.15) is 0 Å². The SMILES string of the molecule is CCC(Cc1cccs1)NCC(=O)NC. The van der Waals surface area contributed by atoms with Gasteiger partial charge in [0, 0.05) is 18.0 Å². The lowest BCUT2D eigenvalue weighted by Gasteiger charge is -2.15. The smallest absolute Gasteiger partial charge is 0.233 e. The number of thiophene rings is 1. The van der Waals surface area contributed by atoms with Gasteiger partial charge in [-0.25, -0.2) is 0 Å². The van der Waals surface area contributed by atoms with E-state index in [1.807, 2.05) is 0 Å². The summed E-state index contributed by atoms with van der Waals surface area (Å²) in [6.07, 6.45) is 2.04. The summed E-state index contributed by atoms with van der Waals surface area (Å²) in [4.78, 5) is 12.4. The zero-order valence-corrected chi connectivity index (χ0v) is 10.1. The van der Waals surface area contributed by atoms with Gasteiger partial charge in [0.15, 0.2) is 0 Å². The van der Waals surface area contributed by atoms with Crippen LogP contribution in [0.5, 0.6) is 0 Å². The van der Waals surface area contributed by atoms with E-state index in [-0.39, 0.29) is 5.91 Å². The van der Waals surface area contributed by atoms with Crippen molar-refractivity contribution in [3.05, 3.63) is 22.4 Å². The van der Waals surface area contributed by atoms with E-state index in [1.54, 1.807) is 18.4 Å². The maximum absolute atomic E-state index is 11.1. The summed E-state index contributed by atoms with van der Waals surface area (Å²) in [5.74, 6) is 0.0413. The van der Waals surface area contributed by atoms with Crippen LogP contribution in [0.4, 0.5) is 0 Å². The highest BCUT2D eigenvalue weighted by atomic mass is 32.1. The maximum Gasteiger partial charge on any atom is 0.233 e. The molecule has 0 aliphatic heterocycles. The van der Waals surface area contributed by atoms with Gasteiger partial charge in [0.25, 0.3) is 0 Å². The van der Waals surface area contributed by atoms with Gasteiger partial charge >= 0.3 is 0 Å². The molecule has 1 atom stereocenters. The van der Waals surface area contributed by atoms with Gasteiger partial charge < -0.3 is 10.6 Å². The van der Waals surface area contributed by atoms with Crippen molar-refractivity contribution in [2.24, 2.45) is 0 Å². The summed E-state index contributed by atoms with van der Waals surface area (Å²) in [5.41, 5.74) is 0. The lowest BCUT2D eigenvalue weighted by Crippen LogP contribution is -2.38. The predicted molar refractivity (Wildman–Crippen MR) is 64.2 cm³/mol. The summed E-state index contributed by atoms with van der Waals surface area (Å²) in [6, 6.07) is 4.58. The van der Waals surface area contributed by atoms with Crippen LogP contribution in [-0.2, 0) is 11.2 Å². The Morgan fingerprint density at radius 3 is 2.93 bits per heavy atom. The van der Waals surface area contributed by atoms with E-state index in [4.69, 9.17) is 0 Å². The van der Waals surface area contributed by atoms with Crippen molar-refractivity contribution in [3.8, 4) is 0 Å². The summed E-state index contributed by atoms with van der Waals surface area (Å²) < 4.78 is 0. The van der Waals surface area contributed by atoms with Crippen molar-refractivity contribution in [1.29, 1.82) is 0 Å². The fourth-order valence-electron chi connectivity index (χ4n) is 1.36. The number of hydrogen-bond donors (Lipinski definition) is 2. The predicted octanol–water partition coefficient (Wildman–Crippen LogP) is 1.40. The van der Waals surface area contributed by atoms with Gasteiger partial charge in [-0.15, -0.1) is 11.3 Å². The lowest BCUT2D eigenvalue weighted by atomic mass is 10.1. The third-order valence-electron chi connectivity index (χ3n) is 2.35. The zero-order chi connectivity index (χ0) is 11.1. The topological polar surface area (TPSA) is 41.1 Å². The number of hydrogen-bond acceptors (Lipinski definition) is 3. The molecule has 15 heavy (non-hydrogen) atoms. The largest absolute Gasteiger partial charge is 0.358 e. The van der Waals surface area contributed by atoms with Crippen molar-refractivity contribution in [3.63, 3.8) is 0 Å². The first-order valence-electron chi connectivity index (χ1n) is 5.22. The molecule has 0 saturated heterocycles. The second-order valence-corrected chi connectivity index (χ2v) is 4.47. The molecule has 1 unspecified atom stereocenters. The number of carbonyl (C=O) groups excluding carboxylic acids is 1. The molecular weight excluding hydrogens is 208 g/mol. The molecule has 0 fully saturated rings. The van der Waals surface area contributed by atoms with Gasteiger partial charge in [0.05, 0.1) is 6.54 Å². The van der Waals surface area contributed by atoms with Crippen LogP contribution >= 0.6 is 11.3 Å². The number of carbonyl (C=O) groups is 1. The molecule has 0 spiro atoms. The van der Waals surface area contributed by atoms with E-state index in [1.165, 1.54) is 4.88 Å². The Bertz CT molecular complexity index is 285. The molecule has 1 heterocycles. The van der Waals surface area contributed by atoms with Crippen LogP contribution in [-0.4, -0.2) is 25.5 Å². The number of likely N-dealkylation sites (N-methyl/N-ethyl adjacent to an activating group) is 1. The molecule has 3 nitrogen and oxygen atoms in total. The average molecular weight is 226 g/mol. The Kier molecular flexibility index (Phi) is 5.36. The standard InChI is InChI=1S/C11H18N2OS/c1-3-9(13-8-11(14)12-2)7-10-5-4-6-15-10/h4-6,9,13H,3,7-8H2,1-2H3,(H,12,14). The Balaban J connectivity index is 2.33. The highest BCUT2D eigenvalue weighted by Crippen LogP contribution is 2.12. The van der Waals surface area contributed by atoms with Crippen LogP contribution in [0.2, 0.25) is 0 Å². The molecule has 0 saturated carbocycles. The van der Waals surface area contributed by atoms with E-state index >= 15 is 0 Å². The zero-order valence-electron chi connectivity index (χ0n) is 9.25. The second-order valence-electron chi connectivity index (χ2n) is 3.44. The van der Waals surface area contributed by atoms with Gasteiger partial charge in [-0.1, -0.05) is 13.0 Å². The van der Waals surface area contributed by atoms with Crippen LogP contribution < -0.4 is 10.6 Å². The molecule has 4 heteroatoms. The second kappa shape index (κ2) is 6.58. The molecule has 0 bridgehead atoms. The number of nitrogens with one attached hydrogen (secondary N) is 2. The van der Waals surface area contributed by atoms with Crippen LogP contribution in [0.1, 0.15) is 18.2 Å². The third-order valence-corrected chi connectivity index (χ3v) is 3.25. The van der Waals surface area contributed by atoms with Gasteiger partial charge in [0.2, 0.25) is 5.91 Å². The first-order chi connectivity index (χ1) is 7.26. The quantitative estimate of drug-likeness (QED) is 0.770. The molecule has 0 radical (unpaired) electrons. The average Bonchev–Trinajstić information content (AvgIpc) is 2.76. The first kappa shape index (κ1) is 12.2. The molecular formula is C11H18N2OS. The molecule has 1 aromatic rings. The Morgan fingerprint density at radius 2 is 2.40 bits per heavy atom. The van der Waals surface area contributed by atoms with Crippen LogP contribution in [0.3, 0.4) is 0 Å². The highest BCUT2D eigenvalue weighted by molar-refractivity contribution is 7.09. The molecule has 2 N–H and O–H groups in total. The molecule has 1 aromatic heterocycles. The molecule has 0 aliphatic rings. The Hall–Kier alpha value is -0.870. The number of rotatable bonds is 6. The summed E-state index contributed by atoms with van der Waals surface area (Å²) in [5, 5.41) is 7.94. The monoisotopic (exact) mass is 226 g/mol. The van der Waals surface area contributed by atoms with Crippen molar-refractivity contribution in [2.45, 2.75) is 25.8 Å². The van der Waals surface area contributed by atoms with Crippen molar-refractivity contribution >= 4 is 17.2 Å². The molecule has 0 aliphatic carbocycles.